The third kappa shape index (κ3) is 4.12. The number of hydrogen-bond acceptors (Lipinski definition) is 5. The molecule has 8 nitrogen and oxygen atoms in total. The van der Waals surface area contributed by atoms with Crippen molar-refractivity contribution in [3.8, 4) is 22.6 Å². The van der Waals surface area contributed by atoms with E-state index in [0.717, 1.165) is 53.0 Å². The molecule has 1 aromatic carbocycles. The summed E-state index contributed by atoms with van der Waals surface area (Å²) in [6.45, 7) is 8.91. The van der Waals surface area contributed by atoms with Crippen LogP contribution in [-0.2, 0) is 13.0 Å². The van der Waals surface area contributed by atoms with Gasteiger partial charge in [0.05, 0.1) is 12.2 Å². The fourth-order valence-electron chi connectivity index (χ4n) is 4.20. The summed E-state index contributed by atoms with van der Waals surface area (Å²) in [4.78, 5) is 17.7. The Labute approximate surface area is 187 Å². The van der Waals surface area contributed by atoms with Crippen molar-refractivity contribution < 1.29 is 0 Å². The van der Waals surface area contributed by atoms with Crippen LogP contribution in [0.4, 0.5) is 0 Å². The largest absolute Gasteiger partial charge is 0.329 e. The molecule has 0 radical (unpaired) electrons. The number of unbranched alkanes of at least 4 members (excludes halogenated alkanes) is 1. The van der Waals surface area contributed by atoms with Crippen molar-refractivity contribution >= 4 is 0 Å². The topological polar surface area (TPSA) is 94.3 Å². The molecule has 0 aliphatic heterocycles. The van der Waals surface area contributed by atoms with Gasteiger partial charge in [-0.2, -0.15) is 5.21 Å². The lowest BCUT2D eigenvalue weighted by atomic mass is 10.0. The van der Waals surface area contributed by atoms with E-state index < -0.39 is 0 Å². The van der Waals surface area contributed by atoms with Gasteiger partial charge in [0.1, 0.15) is 0 Å². The Balaban J connectivity index is 1.66. The molecular formula is C24H29N7O. The molecule has 32 heavy (non-hydrogen) atoms. The maximum Gasteiger partial charge on any atom is 0.329 e. The average molecular weight is 432 g/mol. The van der Waals surface area contributed by atoms with Crippen LogP contribution >= 0.6 is 0 Å². The van der Waals surface area contributed by atoms with E-state index in [1.807, 2.05) is 33.4 Å². The number of aromatic nitrogens is 7. The number of rotatable bonds is 8. The van der Waals surface area contributed by atoms with Crippen molar-refractivity contribution in [1.29, 1.82) is 0 Å². The molecule has 3 aromatic heterocycles. The molecule has 0 saturated carbocycles. The predicted octanol–water partition coefficient (Wildman–Crippen LogP) is 4.17. The van der Waals surface area contributed by atoms with Crippen molar-refractivity contribution in [3.63, 3.8) is 0 Å². The maximum atomic E-state index is 13.2. The number of nitrogens with one attached hydrogen (secondary N) is 1. The minimum absolute atomic E-state index is 0.0665. The average Bonchev–Trinajstić information content (AvgIpc) is 3.40. The first-order valence-corrected chi connectivity index (χ1v) is 11.1. The first-order valence-electron chi connectivity index (χ1n) is 11.1. The van der Waals surface area contributed by atoms with Gasteiger partial charge < -0.3 is 0 Å². The van der Waals surface area contributed by atoms with E-state index >= 15 is 0 Å². The molecule has 4 rings (SSSR count). The van der Waals surface area contributed by atoms with E-state index in [1.165, 1.54) is 0 Å². The van der Waals surface area contributed by atoms with Crippen molar-refractivity contribution in [2.75, 3.05) is 0 Å². The number of tetrazole rings is 1. The number of nitrogens with zero attached hydrogens (tertiary/aromatic N) is 6. The normalized spacial score (nSPS) is 11.4. The summed E-state index contributed by atoms with van der Waals surface area (Å²) in [6, 6.07) is 12.1. The molecule has 4 aromatic rings. The lowest BCUT2D eigenvalue weighted by Gasteiger charge is -2.10. The Morgan fingerprint density at radius 1 is 1.12 bits per heavy atom. The Hall–Kier alpha value is -3.55. The monoisotopic (exact) mass is 431 g/mol. The third-order valence-electron chi connectivity index (χ3n) is 5.79. The van der Waals surface area contributed by atoms with Crippen molar-refractivity contribution in [3.05, 3.63) is 70.0 Å². The minimum atomic E-state index is 0.0665. The lowest BCUT2D eigenvalue weighted by molar-refractivity contribution is 0.550. The van der Waals surface area contributed by atoms with Gasteiger partial charge in [-0.1, -0.05) is 37.6 Å². The summed E-state index contributed by atoms with van der Waals surface area (Å²) in [5.41, 5.74) is 5.93. The fraction of sp³-hybridized carbons (Fsp3) is 0.375. The molecule has 1 N–H and O–H groups in total. The predicted molar refractivity (Wildman–Crippen MR) is 124 cm³/mol. The minimum Gasteiger partial charge on any atom is -0.294 e. The fourth-order valence-corrected chi connectivity index (χ4v) is 4.20. The molecule has 8 heteroatoms. The van der Waals surface area contributed by atoms with Crippen LogP contribution < -0.4 is 5.69 Å². The smallest absolute Gasteiger partial charge is 0.294 e. The summed E-state index contributed by atoms with van der Waals surface area (Å²) in [5, 5.41) is 14.3. The van der Waals surface area contributed by atoms with E-state index in [-0.39, 0.29) is 11.7 Å². The molecule has 0 aliphatic carbocycles. The van der Waals surface area contributed by atoms with Gasteiger partial charge in [0, 0.05) is 34.8 Å². The van der Waals surface area contributed by atoms with Gasteiger partial charge in [-0.05, 0) is 56.5 Å². The molecule has 0 unspecified atom stereocenters. The number of hydrogen-bond donors (Lipinski definition) is 1. The zero-order chi connectivity index (χ0) is 22.7. The van der Waals surface area contributed by atoms with E-state index in [0.29, 0.717) is 12.4 Å². The lowest BCUT2D eigenvalue weighted by Crippen LogP contribution is -2.27. The van der Waals surface area contributed by atoms with Crippen LogP contribution in [0.1, 0.15) is 56.6 Å². The van der Waals surface area contributed by atoms with Crippen LogP contribution in [0.5, 0.6) is 0 Å². The highest BCUT2D eigenvalue weighted by Gasteiger charge is 2.18. The number of aromatic amines is 1. The quantitative estimate of drug-likeness (QED) is 0.452. The number of H-pyrrole nitrogens is 1. The van der Waals surface area contributed by atoms with Gasteiger partial charge >= 0.3 is 5.69 Å². The number of pyridine rings is 1. The molecule has 3 heterocycles. The van der Waals surface area contributed by atoms with Gasteiger partial charge in [-0.25, -0.2) is 4.79 Å². The van der Waals surface area contributed by atoms with Crippen LogP contribution in [0.3, 0.4) is 0 Å². The van der Waals surface area contributed by atoms with E-state index in [2.05, 4.69) is 65.4 Å². The molecular weight excluding hydrogens is 402 g/mol. The van der Waals surface area contributed by atoms with Crippen molar-refractivity contribution in [1.82, 2.24) is 34.7 Å². The second kappa shape index (κ2) is 9.30. The van der Waals surface area contributed by atoms with Gasteiger partial charge in [-0.15, -0.1) is 10.2 Å². The molecule has 0 atom stereocenters. The highest BCUT2D eigenvalue weighted by molar-refractivity contribution is 5.76. The highest BCUT2D eigenvalue weighted by Crippen LogP contribution is 2.27. The second-order valence-corrected chi connectivity index (χ2v) is 8.30. The van der Waals surface area contributed by atoms with Gasteiger partial charge in [0.15, 0.2) is 0 Å². The standard InChI is InChI=1S/C24H29N7O/c1-5-6-9-21-17(4)31(16(2)3)24(32)30(21)15-18-10-12-19(13-11-18)22-20(8-7-14-25-22)23-26-28-29-27-23/h7-8,10-14,16H,5-6,9,15H2,1-4H3,(H,26,27,28,29). The van der Waals surface area contributed by atoms with E-state index in [9.17, 15) is 4.79 Å². The number of benzene rings is 1. The first kappa shape index (κ1) is 21.7. The van der Waals surface area contributed by atoms with Gasteiger partial charge in [-0.3, -0.25) is 14.1 Å². The highest BCUT2D eigenvalue weighted by atomic mass is 16.1. The molecule has 0 aliphatic rings. The SMILES string of the molecule is CCCCc1c(C)n(C(C)C)c(=O)n1Cc1ccc(-c2ncccc2-c2nn[nH]n2)cc1. The molecule has 0 amide bonds. The molecule has 0 bridgehead atoms. The maximum absolute atomic E-state index is 13.2. The molecule has 0 fully saturated rings. The van der Waals surface area contributed by atoms with Crippen LogP contribution in [0.15, 0.2) is 47.4 Å². The second-order valence-electron chi connectivity index (χ2n) is 8.30. The Morgan fingerprint density at radius 3 is 2.56 bits per heavy atom. The summed E-state index contributed by atoms with van der Waals surface area (Å²) in [6.07, 6.45) is 4.84. The third-order valence-corrected chi connectivity index (χ3v) is 5.79. The summed E-state index contributed by atoms with van der Waals surface area (Å²) in [7, 11) is 0. The van der Waals surface area contributed by atoms with Crippen LogP contribution in [-0.4, -0.2) is 34.7 Å². The van der Waals surface area contributed by atoms with Crippen molar-refractivity contribution in [2.45, 2.75) is 59.5 Å². The Kier molecular flexibility index (Phi) is 6.30. The van der Waals surface area contributed by atoms with Gasteiger partial charge in [0.2, 0.25) is 5.82 Å². The van der Waals surface area contributed by atoms with E-state index in [1.54, 1.807) is 6.20 Å². The van der Waals surface area contributed by atoms with Crippen LogP contribution in [0, 0.1) is 6.92 Å². The zero-order valence-electron chi connectivity index (χ0n) is 19.0. The Morgan fingerprint density at radius 2 is 1.91 bits per heavy atom. The first-order chi connectivity index (χ1) is 15.5. The zero-order valence-corrected chi connectivity index (χ0v) is 19.0. The van der Waals surface area contributed by atoms with Crippen LogP contribution in [0.2, 0.25) is 0 Å². The molecule has 0 spiro atoms. The molecule has 166 valence electrons. The van der Waals surface area contributed by atoms with Crippen molar-refractivity contribution in [2.24, 2.45) is 0 Å². The summed E-state index contributed by atoms with van der Waals surface area (Å²) in [5.74, 6) is 0.509. The Bertz CT molecular complexity index is 1230. The van der Waals surface area contributed by atoms with E-state index in [4.69, 9.17) is 0 Å². The molecule has 0 saturated heterocycles. The number of imidazole rings is 1. The van der Waals surface area contributed by atoms with Crippen LogP contribution in [0.25, 0.3) is 22.6 Å². The summed E-state index contributed by atoms with van der Waals surface area (Å²) < 4.78 is 3.84. The summed E-state index contributed by atoms with van der Waals surface area (Å²) >= 11 is 0. The van der Waals surface area contributed by atoms with Gasteiger partial charge in [0.25, 0.3) is 0 Å².